The van der Waals surface area contributed by atoms with Crippen molar-refractivity contribution in [3.63, 3.8) is 0 Å². The van der Waals surface area contributed by atoms with E-state index in [0.29, 0.717) is 12.2 Å². The summed E-state index contributed by atoms with van der Waals surface area (Å²) in [5.41, 5.74) is 1.35. The lowest BCUT2D eigenvalue weighted by Gasteiger charge is -2.33. The number of anilines is 1. The maximum atomic E-state index is 12.5. The minimum Gasteiger partial charge on any atom is -0.506 e. The molecule has 1 unspecified atom stereocenters. The highest BCUT2D eigenvalue weighted by molar-refractivity contribution is 7.92. The molecule has 0 aromatic heterocycles. The van der Waals surface area contributed by atoms with Gasteiger partial charge in [-0.05, 0) is 29.9 Å². The Kier molecular flexibility index (Phi) is 4.80. The van der Waals surface area contributed by atoms with Gasteiger partial charge in [-0.25, -0.2) is 8.42 Å². The van der Waals surface area contributed by atoms with Crippen molar-refractivity contribution < 1.29 is 18.3 Å². The molecular formula is C16H23NO4S. The largest absolute Gasteiger partial charge is 0.506 e. The molecule has 6 heteroatoms. The van der Waals surface area contributed by atoms with E-state index in [-0.39, 0.29) is 23.3 Å². The molecule has 122 valence electrons. The Bertz CT molecular complexity index is 667. The molecule has 1 atom stereocenters. The van der Waals surface area contributed by atoms with Gasteiger partial charge in [0, 0.05) is 6.54 Å². The van der Waals surface area contributed by atoms with Gasteiger partial charge >= 0.3 is 0 Å². The lowest BCUT2D eigenvalue weighted by atomic mass is 9.91. The number of phenols is 1. The summed E-state index contributed by atoms with van der Waals surface area (Å²) < 4.78 is 24.1. The molecule has 1 amide bonds. The predicted octanol–water partition coefficient (Wildman–Crippen LogP) is 2.30. The average molecular weight is 325 g/mol. The van der Waals surface area contributed by atoms with E-state index in [0.717, 1.165) is 12.0 Å². The summed E-state index contributed by atoms with van der Waals surface area (Å²) in [4.78, 5) is 13.9. The molecule has 0 spiro atoms. The van der Waals surface area contributed by atoms with Crippen LogP contribution in [0.5, 0.6) is 5.75 Å². The van der Waals surface area contributed by atoms with Crippen LogP contribution < -0.4 is 4.90 Å². The van der Waals surface area contributed by atoms with Crippen LogP contribution in [0.1, 0.15) is 38.7 Å². The number of sulfone groups is 1. The van der Waals surface area contributed by atoms with E-state index < -0.39 is 21.5 Å². The first-order chi connectivity index (χ1) is 10.2. The third kappa shape index (κ3) is 3.61. The number of hydrogen-bond donors (Lipinski definition) is 1. The fourth-order valence-electron chi connectivity index (χ4n) is 2.91. The second kappa shape index (κ2) is 6.28. The maximum Gasteiger partial charge on any atom is 0.242 e. The molecule has 1 aliphatic rings. The summed E-state index contributed by atoms with van der Waals surface area (Å²) >= 11 is 0. The average Bonchev–Trinajstić information content (AvgIpc) is 2.37. The van der Waals surface area contributed by atoms with Crippen molar-refractivity contribution in [1.82, 2.24) is 0 Å². The minimum absolute atomic E-state index is 0.00336. The van der Waals surface area contributed by atoms with Crippen LogP contribution in [0.15, 0.2) is 18.2 Å². The van der Waals surface area contributed by atoms with E-state index in [1.807, 2.05) is 26.8 Å². The van der Waals surface area contributed by atoms with Gasteiger partial charge in [-0.2, -0.15) is 0 Å². The van der Waals surface area contributed by atoms with E-state index in [1.54, 1.807) is 6.07 Å². The van der Waals surface area contributed by atoms with Gasteiger partial charge in [-0.3, -0.25) is 4.79 Å². The van der Waals surface area contributed by atoms with Gasteiger partial charge in [0.2, 0.25) is 5.91 Å². The molecule has 2 rings (SSSR count). The lowest BCUT2D eigenvalue weighted by Crippen LogP contribution is -2.40. The van der Waals surface area contributed by atoms with Crippen molar-refractivity contribution in [2.75, 3.05) is 23.0 Å². The molecule has 0 saturated heterocycles. The number of para-hydroxylation sites is 1. The summed E-state index contributed by atoms with van der Waals surface area (Å²) in [5.74, 6) is -0.725. The zero-order valence-corrected chi connectivity index (χ0v) is 14.1. The Balaban J connectivity index is 2.28. The van der Waals surface area contributed by atoms with E-state index in [9.17, 15) is 18.3 Å². The first-order valence-electron chi connectivity index (χ1n) is 7.54. The van der Waals surface area contributed by atoms with Crippen molar-refractivity contribution >= 4 is 21.4 Å². The summed E-state index contributed by atoms with van der Waals surface area (Å²) in [6.07, 6.45) is 0.756. The molecule has 22 heavy (non-hydrogen) atoms. The third-order valence-electron chi connectivity index (χ3n) is 3.86. The van der Waals surface area contributed by atoms with Crippen LogP contribution in [0.3, 0.4) is 0 Å². The van der Waals surface area contributed by atoms with Crippen molar-refractivity contribution in [2.45, 2.75) is 33.1 Å². The topological polar surface area (TPSA) is 74.7 Å². The third-order valence-corrected chi connectivity index (χ3v) is 5.73. The standard InChI is InChI=1S/C16H23NO4S/c1-11(2)9-22(20,21)10-15(19)17-8-7-12(3)13-5-4-6-14(18)16(13)17/h4-6,11-12,18H,7-10H2,1-3H3. The normalized spacial score (nSPS) is 18.4. The number of fused-ring (bicyclic) bond motifs is 1. The highest BCUT2D eigenvalue weighted by Crippen LogP contribution is 2.40. The number of hydrogen-bond acceptors (Lipinski definition) is 4. The molecule has 1 aliphatic heterocycles. The zero-order chi connectivity index (χ0) is 16.5. The number of phenolic OH excluding ortho intramolecular Hbond substituents is 1. The van der Waals surface area contributed by atoms with Gasteiger partial charge in [0.25, 0.3) is 0 Å². The number of rotatable bonds is 4. The molecular weight excluding hydrogens is 302 g/mol. The first kappa shape index (κ1) is 16.8. The molecule has 0 fully saturated rings. The fourth-order valence-corrected chi connectivity index (χ4v) is 4.58. The molecule has 0 radical (unpaired) electrons. The van der Waals surface area contributed by atoms with Crippen LogP contribution >= 0.6 is 0 Å². The molecule has 1 aromatic rings. The number of aromatic hydroxyl groups is 1. The molecule has 1 aromatic carbocycles. The van der Waals surface area contributed by atoms with Crippen LogP contribution in [0, 0.1) is 5.92 Å². The second-order valence-electron chi connectivity index (χ2n) is 6.40. The Morgan fingerprint density at radius 3 is 2.73 bits per heavy atom. The number of benzene rings is 1. The Hall–Kier alpha value is -1.56. The molecule has 1 heterocycles. The number of amides is 1. The van der Waals surface area contributed by atoms with E-state index >= 15 is 0 Å². The monoisotopic (exact) mass is 325 g/mol. The Labute approximate surface area is 131 Å². The number of carbonyl (C=O) groups is 1. The molecule has 0 aliphatic carbocycles. The maximum absolute atomic E-state index is 12.5. The second-order valence-corrected chi connectivity index (χ2v) is 8.51. The predicted molar refractivity (Wildman–Crippen MR) is 87.0 cm³/mol. The van der Waals surface area contributed by atoms with Crippen LogP contribution in [-0.2, 0) is 14.6 Å². The van der Waals surface area contributed by atoms with Gasteiger partial charge < -0.3 is 10.0 Å². The van der Waals surface area contributed by atoms with Crippen LogP contribution in [-0.4, -0.2) is 37.5 Å². The van der Waals surface area contributed by atoms with Crippen LogP contribution in [0.4, 0.5) is 5.69 Å². The van der Waals surface area contributed by atoms with Gasteiger partial charge in [-0.1, -0.05) is 32.9 Å². The summed E-state index contributed by atoms with van der Waals surface area (Å²) in [7, 11) is -3.43. The summed E-state index contributed by atoms with van der Waals surface area (Å²) in [5, 5.41) is 10.1. The van der Waals surface area contributed by atoms with Crippen LogP contribution in [0.2, 0.25) is 0 Å². The van der Waals surface area contributed by atoms with Crippen molar-refractivity contribution in [2.24, 2.45) is 5.92 Å². The van der Waals surface area contributed by atoms with Gasteiger partial charge in [0.1, 0.15) is 11.5 Å². The highest BCUT2D eigenvalue weighted by Gasteiger charge is 2.31. The number of nitrogens with zero attached hydrogens (tertiary/aromatic N) is 1. The molecule has 0 saturated carbocycles. The first-order valence-corrected chi connectivity index (χ1v) is 9.36. The highest BCUT2D eigenvalue weighted by atomic mass is 32.2. The van der Waals surface area contributed by atoms with Crippen LogP contribution in [0.25, 0.3) is 0 Å². The van der Waals surface area contributed by atoms with Gasteiger partial charge in [0.05, 0.1) is 11.4 Å². The van der Waals surface area contributed by atoms with Gasteiger partial charge in [-0.15, -0.1) is 0 Å². The quantitative estimate of drug-likeness (QED) is 0.922. The molecule has 1 N–H and O–H groups in total. The number of carbonyl (C=O) groups excluding carboxylic acids is 1. The van der Waals surface area contributed by atoms with E-state index in [1.165, 1.54) is 11.0 Å². The fraction of sp³-hybridized carbons (Fsp3) is 0.562. The van der Waals surface area contributed by atoms with Crippen molar-refractivity contribution in [3.8, 4) is 5.75 Å². The lowest BCUT2D eigenvalue weighted by molar-refractivity contribution is -0.116. The van der Waals surface area contributed by atoms with Crippen molar-refractivity contribution in [3.05, 3.63) is 23.8 Å². The Morgan fingerprint density at radius 2 is 2.09 bits per heavy atom. The smallest absolute Gasteiger partial charge is 0.242 e. The van der Waals surface area contributed by atoms with Gasteiger partial charge in [0.15, 0.2) is 9.84 Å². The van der Waals surface area contributed by atoms with E-state index in [4.69, 9.17) is 0 Å². The molecule has 0 bridgehead atoms. The van der Waals surface area contributed by atoms with E-state index in [2.05, 4.69) is 0 Å². The Morgan fingerprint density at radius 1 is 1.41 bits per heavy atom. The summed E-state index contributed by atoms with van der Waals surface area (Å²) in [6, 6.07) is 5.15. The zero-order valence-electron chi connectivity index (χ0n) is 13.2. The minimum atomic E-state index is -3.43. The van der Waals surface area contributed by atoms with Crippen molar-refractivity contribution in [1.29, 1.82) is 0 Å². The SMILES string of the molecule is CC(C)CS(=O)(=O)CC(=O)N1CCC(C)c2cccc(O)c21. The molecule has 5 nitrogen and oxygen atoms in total. The summed E-state index contributed by atoms with van der Waals surface area (Å²) in [6.45, 7) is 6.09.